The van der Waals surface area contributed by atoms with E-state index in [1.807, 2.05) is 18.2 Å². The maximum atomic E-state index is 12.8. The van der Waals surface area contributed by atoms with Gasteiger partial charge in [0.1, 0.15) is 5.82 Å². The molecular weight excluding hydrogens is 408 g/mol. The van der Waals surface area contributed by atoms with Gasteiger partial charge in [-0.15, -0.1) is 0 Å². The fourth-order valence-corrected chi connectivity index (χ4v) is 2.90. The summed E-state index contributed by atoms with van der Waals surface area (Å²) in [4.78, 5) is 0. The molecule has 0 fully saturated rings. The summed E-state index contributed by atoms with van der Waals surface area (Å²) in [6.45, 7) is 0. The molecule has 1 unspecified atom stereocenters. The van der Waals surface area contributed by atoms with Gasteiger partial charge in [0.15, 0.2) is 0 Å². The summed E-state index contributed by atoms with van der Waals surface area (Å²) in [5.74, 6) is -0.218. The third-order valence-electron chi connectivity index (χ3n) is 2.73. The van der Waals surface area contributed by atoms with Crippen LogP contribution in [0, 0.1) is 9.39 Å². The molecule has 4 heteroatoms. The van der Waals surface area contributed by atoms with Crippen molar-refractivity contribution in [2.75, 3.05) is 0 Å². The minimum absolute atomic E-state index is 0.0835. The molecule has 0 aliphatic carbocycles. The van der Waals surface area contributed by atoms with Gasteiger partial charge in [0, 0.05) is 14.1 Å². The molecule has 0 radical (unpaired) electrons. The third-order valence-corrected chi connectivity index (χ3v) is 4.20. The van der Waals surface area contributed by atoms with Crippen molar-refractivity contribution in [3.63, 3.8) is 0 Å². The lowest BCUT2D eigenvalue weighted by atomic mass is 10.00. The molecule has 2 N–H and O–H groups in total. The van der Waals surface area contributed by atoms with Crippen molar-refractivity contribution < 1.29 is 4.39 Å². The predicted octanol–water partition coefficient (Wildman–Crippen LogP) is 4.44. The molecule has 0 heterocycles. The number of rotatable bonds is 3. The number of hydrogen-bond donors (Lipinski definition) is 1. The lowest BCUT2D eigenvalue weighted by Gasteiger charge is -2.14. The summed E-state index contributed by atoms with van der Waals surface area (Å²) in [5, 5.41) is 0. The molecule has 0 saturated carbocycles. The van der Waals surface area contributed by atoms with Crippen LogP contribution in [0.3, 0.4) is 0 Å². The quantitative estimate of drug-likeness (QED) is 0.731. The van der Waals surface area contributed by atoms with Crippen molar-refractivity contribution >= 4 is 38.5 Å². The molecule has 0 aliphatic rings. The molecule has 18 heavy (non-hydrogen) atoms. The summed E-state index contributed by atoms with van der Waals surface area (Å²) in [5.41, 5.74) is 8.36. The highest BCUT2D eigenvalue weighted by Crippen LogP contribution is 2.25. The Hall–Kier alpha value is -0.460. The molecule has 2 rings (SSSR count). The van der Waals surface area contributed by atoms with Crippen LogP contribution in [0.15, 0.2) is 46.9 Å². The first-order valence-corrected chi connectivity index (χ1v) is 7.38. The van der Waals surface area contributed by atoms with Crippen LogP contribution in [-0.2, 0) is 6.42 Å². The van der Waals surface area contributed by atoms with Crippen LogP contribution in [-0.4, -0.2) is 0 Å². The second kappa shape index (κ2) is 6.12. The Bertz CT molecular complexity index is 542. The van der Waals surface area contributed by atoms with Gasteiger partial charge in [-0.3, -0.25) is 0 Å². The third kappa shape index (κ3) is 3.52. The van der Waals surface area contributed by atoms with E-state index in [1.165, 1.54) is 12.1 Å². The van der Waals surface area contributed by atoms with Crippen molar-refractivity contribution in [3.8, 4) is 0 Å². The van der Waals surface area contributed by atoms with Gasteiger partial charge < -0.3 is 5.73 Å². The molecule has 0 spiro atoms. The van der Waals surface area contributed by atoms with Crippen LogP contribution in [0.1, 0.15) is 17.2 Å². The zero-order valence-corrected chi connectivity index (χ0v) is 13.3. The normalized spacial score (nSPS) is 12.4. The van der Waals surface area contributed by atoms with Crippen molar-refractivity contribution in [2.24, 2.45) is 5.73 Å². The SMILES string of the molecule is NC(Cc1ccc(F)cc1)c1cc(Br)ccc1I. The van der Waals surface area contributed by atoms with Crippen LogP contribution in [0.5, 0.6) is 0 Å². The van der Waals surface area contributed by atoms with Crippen LogP contribution in [0.25, 0.3) is 0 Å². The maximum absolute atomic E-state index is 12.8. The lowest BCUT2D eigenvalue weighted by molar-refractivity contribution is 0.625. The Labute approximate surface area is 128 Å². The Morgan fingerprint density at radius 1 is 1.17 bits per heavy atom. The molecular formula is C14H12BrFIN. The van der Waals surface area contributed by atoms with Crippen LogP contribution in [0.4, 0.5) is 4.39 Å². The number of benzene rings is 2. The van der Waals surface area contributed by atoms with Crippen LogP contribution < -0.4 is 5.73 Å². The highest BCUT2D eigenvalue weighted by atomic mass is 127. The van der Waals surface area contributed by atoms with E-state index in [1.54, 1.807) is 12.1 Å². The lowest BCUT2D eigenvalue weighted by Crippen LogP contribution is -2.14. The van der Waals surface area contributed by atoms with E-state index in [4.69, 9.17) is 5.73 Å². The van der Waals surface area contributed by atoms with Crippen molar-refractivity contribution in [1.82, 2.24) is 0 Å². The van der Waals surface area contributed by atoms with E-state index in [-0.39, 0.29) is 11.9 Å². The Kier molecular flexibility index (Phi) is 4.75. The molecule has 0 saturated heterocycles. The van der Waals surface area contributed by atoms with E-state index >= 15 is 0 Å². The average molecular weight is 420 g/mol. The molecule has 1 atom stereocenters. The van der Waals surface area contributed by atoms with E-state index in [0.717, 1.165) is 19.2 Å². The summed E-state index contributed by atoms with van der Waals surface area (Å²) >= 11 is 5.73. The summed E-state index contributed by atoms with van der Waals surface area (Å²) in [6, 6.07) is 12.5. The zero-order chi connectivity index (χ0) is 13.1. The molecule has 0 aromatic heterocycles. The number of halogens is 3. The predicted molar refractivity (Wildman–Crippen MR) is 83.9 cm³/mol. The van der Waals surface area contributed by atoms with Gasteiger partial charge in [0.25, 0.3) is 0 Å². The summed E-state index contributed by atoms with van der Waals surface area (Å²) < 4.78 is 15.0. The maximum Gasteiger partial charge on any atom is 0.123 e. The minimum Gasteiger partial charge on any atom is -0.324 e. The monoisotopic (exact) mass is 419 g/mol. The van der Waals surface area contributed by atoms with Gasteiger partial charge in [-0.05, 0) is 70.5 Å². The first kappa shape index (κ1) is 14.0. The first-order valence-electron chi connectivity index (χ1n) is 5.51. The van der Waals surface area contributed by atoms with E-state index in [9.17, 15) is 4.39 Å². The average Bonchev–Trinajstić information content (AvgIpc) is 2.35. The van der Waals surface area contributed by atoms with Crippen LogP contribution in [0.2, 0.25) is 0 Å². The highest BCUT2D eigenvalue weighted by molar-refractivity contribution is 14.1. The van der Waals surface area contributed by atoms with Crippen LogP contribution >= 0.6 is 38.5 Å². The zero-order valence-electron chi connectivity index (χ0n) is 9.54. The van der Waals surface area contributed by atoms with Crippen molar-refractivity contribution in [3.05, 3.63) is 67.5 Å². The smallest absolute Gasteiger partial charge is 0.123 e. The van der Waals surface area contributed by atoms with Gasteiger partial charge >= 0.3 is 0 Å². The topological polar surface area (TPSA) is 26.0 Å². The summed E-state index contributed by atoms with van der Waals surface area (Å²) in [6.07, 6.45) is 0.701. The Balaban J connectivity index is 2.18. The number of hydrogen-bond acceptors (Lipinski definition) is 1. The van der Waals surface area contributed by atoms with Gasteiger partial charge in [0.2, 0.25) is 0 Å². The molecule has 0 aliphatic heterocycles. The minimum atomic E-state index is -0.218. The standard InChI is InChI=1S/C14H12BrFIN/c15-10-3-6-13(17)12(8-10)14(18)7-9-1-4-11(16)5-2-9/h1-6,8,14H,7,18H2. The van der Waals surface area contributed by atoms with Gasteiger partial charge in [-0.2, -0.15) is 0 Å². The first-order chi connectivity index (χ1) is 8.56. The Morgan fingerprint density at radius 3 is 2.50 bits per heavy atom. The fourth-order valence-electron chi connectivity index (χ4n) is 1.78. The molecule has 2 aromatic carbocycles. The largest absolute Gasteiger partial charge is 0.324 e. The number of nitrogens with two attached hydrogens (primary N) is 1. The van der Waals surface area contributed by atoms with Gasteiger partial charge in [-0.25, -0.2) is 4.39 Å². The van der Waals surface area contributed by atoms with Gasteiger partial charge in [-0.1, -0.05) is 28.1 Å². The van der Waals surface area contributed by atoms with Crippen molar-refractivity contribution in [1.29, 1.82) is 0 Å². The van der Waals surface area contributed by atoms with E-state index < -0.39 is 0 Å². The second-order valence-electron chi connectivity index (χ2n) is 4.10. The molecule has 1 nitrogen and oxygen atoms in total. The Morgan fingerprint density at radius 2 is 1.83 bits per heavy atom. The highest BCUT2D eigenvalue weighted by Gasteiger charge is 2.11. The van der Waals surface area contributed by atoms with E-state index in [0.29, 0.717) is 6.42 Å². The van der Waals surface area contributed by atoms with E-state index in [2.05, 4.69) is 38.5 Å². The molecule has 94 valence electrons. The molecule has 0 amide bonds. The fraction of sp³-hybridized carbons (Fsp3) is 0.143. The van der Waals surface area contributed by atoms with Crippen molar-refractivity contribution in [2.45, 2.75) is 12.5 Å². The second-order valence-corrected chi connectivity index (χ2v) is 6.18. The molecule has 0 bridgehead atoms. The summed E-state index contributed by atoms with van der Waals surface area (Å²) in [7, 11) is 0. The molecule has 2 aromatic rings. The van der Waals surface area contributed by atoms with Gasteiger partial charge in [0.05, 0.1) is 0 Å².